The number of fused-ring (bicyclic) bond motifs is 1. The second-order valence-corrected chi connectivity index (χ2v) is 8.36. The van der Waals surface area contributed by atoms with Gasteiger partial charge < -0.3 is 10.3 Å². The molecule has 0 unspecified atom stereocenters. The number of nitrogens with zero attached hydrogens (tertiary/aromatic N) is 4. The Labute approximate surface area is 195 Å². The molecule has 3 heterocycles. The van der Waals surface area contributed by atoms with E-state index < -0.39 is 0 Å². The number of aryl methyl sites for hydroxylation is 2. The molecule has 0 bridgehead atoms. The molecule has 164 valence electrons. The van der Waals surface area contributed by atoms with Crippen LogP contribution in [-0.4, -0.2) is 30.2 Å². The molecule has 33 heavy (non-hydrogen) atoms. The van der Waals surface area contributed by atoms with E-state index in [2.05, 4.69) is 51.6 Å². The van der Waals surface area contributed by atoms with Crippen molar-refractivity contribution >= 4 is 34.8 Å². The second kappa shape index (κ2) is 8.48. The fraction of sp³-hybridized carbons (Fsp3) is 0.120. The summed E-state index contributed by atoms with van der Waals surface area (Å²) in [5.41, 5.74) is 5.85. The molecule has 0 spiro atoms. The van der Waals surface area contributed by atoms with Gasteiger partial charge in [0.1, 0.15) is 0 Å². The number of nitrogens with one attached hydrogen (secondary N) is 2. The summed E-state index contributed by atoms with van der Waals surface area (Å²) in [5, 5.41) is 8.24. The molecule has 0 aliphatic heterocycles. The minimum Gasteiger partial charge on any atom is -0.337 e. The summed E-state index contributed by atoms with van der Waals surface area (Å²) in [6.45, 7) is 4.53. The van der Waals surface area contributed by atoms with Gasteiger partial charge in [-0.1, -0.05) is 35.9 Å². The van der Waals surface area contributed by atoms with Crippen LogP contribution < -0.4 is 5.32 Å². The molecule has 5 aromatic rings. The maximum Gasteiger partial charge on any atom is 0.256 e. The van der Waals surface area contributed by atoms with Gasteiger partial charge in [0.15, 0.2) is 10.4 Å². The van der Waals surface area contributed by atoms with E-state index in [9.17, 15) is 4.79 Å². The molecular formula is C25H22N6OS. The van der Waals surface area contributed by atoms with Gasteiger partial charge in [0.2, 0.25) is 0 Å². The van der Waals surface area contributed by atoms with E-state index in [1.165, 1.54) is 5.56 Å². The smallest absolute Gasteiger partial charge is 0.256 e. The van der Waals surface area contributed by atoms with Gasteiger partial charge in [-0.25, -0.2) is 9.67 Å². The molecule has 0 radical (unpaired) electrons. The lowest BCUT2D eigenvalue weighted by Gasteiger charge is -2.10. The summed E-state index contributed by atoms with van der Waals surface area (Å²) < 4.78 is 4.26. The highest BCUT2D eigenvalue weighted by molar-refractivity contribution is 7.71. The van der Waals surface area contributed by atoms with Crippen molar-refractivity contribution in [2.24, 2.45) is 0 Å². The fourth-order valence-electron chi connectivity index (χ4n) is 3.80. The minimum atomic E-state index is -0.213. The Kier molecular flexibility index (Phi) is 5.35. The van der Waals surface area contributed by atoms with E-state index in [0.717, 1.165) is 16.9 Å². The van der Waals surface area contributed by atoms with Gasteiger partial charge in [-0.2, -0.15) is 5.10 Å². The van der Waals surface area contributed by atoms with Gasteiger partial charge in [-0.3, -0.25) is 9.36 Å². The number of pyridine rings is 1. The number of carbonyl (C=O) groups is 1. The zero-order valence-electron chi connectivity index (χ0n) is 18.2. The van der Waals surface area contributed by atoms with E-state index in [1.807, 2.05) is 46.6 Å². The Morgan fingerprint density at radius 1 is 1.12 bits per heavy atom. The highest BCUT2D eigenvalue weighted by Crippen LogP contribution is 2.22. The summed E-state index contributed by atoms with van der Waals surface area (Å²) in [6, 6.07) is 17.7. The monoisotopic (exact) mass is 454 g/mol. The van der Waals surface area contributed by atoms with Gasteiger partial charge in [-0.05, 0) is 55.9 Å². The molecule has 7 nitrogen and oxygen atoms in total. The number of H-pyrrole nitrogens is 1. The first kappa shape index (κ1) is 20.8. The van der Waals surface area contributed by atoms with Crippen molar-refractivity contribution in [1.82, 2.24) is 24.3 Å². The average Bonchev–Trinajstić information content (AvgIpc) is 3.41. The van der Waals surface area contributed by atoms with Crippen LogP contribution in [0.3, 0.4) is 0 Å². The lowest BCUT2D eigenvalue weighted by atomic mass is 10.1. The largest absolute Gasteiger partial charge is 0.337 e. The van der Waals surface area contributed by atoms with E-state index in [0.29, 0.717) is 33.6 Å². The first-order valence-corrected chi connectivity index (χ1v) is 11.0. The van der Waals surface area contributed by atoms with E-state index in [1.54, 1.807) is 18.5 Å². The SMILES string of the molecule is Cc1ccc(Cn2ncc3c(C(=O)Nc4cccc(-n5cc[nH]c5=S)c4)cc(C)nc32)cc1. The topological polar surface area (TPSA) is 80.5 Å². The molecule has 0 saturated heterocycles. The standard InChI is InChI=1S/C25H22N6OS/c1-16-6-8-18(9-7-16)15-31-23-22(14-27-31)21(12-17(2)28-23)24(32)29-19-4-3-5-20(13-19)30-11-10-26-25(30)33/h3-14H,15H2,1-2H3,(H,26,33)(H,29,32). The highest BCUT2D eigenvalue weighted by atomic mass is 32.1. The number of imidazole rings is 1. The summed E-state index contributed by atoms with van der Waals surface area (Å²) in [4.78, 5) is 20.9. The van der Waals surface area contributed by atoms with Crippen LogP contribution in [0.4, 0.5) is 5.69 Å². The molecular weight excluding hydrogens is 432 g/mol. The first-order valence-electron chi connectivity index (χ1n) is 10.5. The van der Waals surface area contributed by atoms with Gasteiger partial charge in [0.25, 0.3) is 5.91 Å². The van der Waals surface area contributed by atoms with Gasteiger partial charge in [0.05, 0.1) is 23.7 Å². The van der Waals surface area contributed by atoms with Crippen molar-refractivity contribution < 1.29 is 4.79 Å². The van der Waals surface area contributed by atoms with Crippen molar-refractivity contribution in [3.63, 3.8) is 0 Å². The Morgan fingerprint density at radius 2 is 1.94 bits per heavy atom. The first-order chi connectivity index (χ1) is 16.0. The van der Waals surface area contributed by atoms with E-state index in [-0.39, 0.29) is 5.91 Å². The molecule has 0 atom stereocenters. The summed E-state index contributed by atoms with van der Waals surface area (Å²) in [7, 11) is 0. The number of hydrogen-bond donors (Lipinski definition) is 2. The van der Waals surface area contributed by atoms with Gasteiger partial charge in [0, 0.05) is 29.5 Å². The molecule has 2 aromatic carbocycles. The summed E-state index contributed by atoms with van der Waals surface area (Å²) in [5.74, 6) is -0.213. The quantitative estimate of drug-likeness (QED) is 0.358. The van der Waals surface area contributed by atoms with Crippen molar-refractivity contribution in [2.45, 2.75) is 20.4 Å². The van der Waals surface area contributed by atoms with Gasteiger partial charge in [-0.15, -0.1) is 0 Å². The number of hydrogen-bond acceptors (Lipinski definition) is 4. The number of rotatable bonds is 5. The molecule has 3 aromatic heterocycles. The highest BCUT2D eigenvalue weighted by Gasteiger charge is 2.16. The molecule has 0 aliphatic carbocycles. The minimum absolute atomic E-state index is 0.213. The van der Waals surface area contributed by atoms with Crippen LogP contribution in [-0.2, 0) is 6.54 Å². The predicted octanol–water partition coefficient (Wildman–Crippen LogP) is 5.20. The molecule has 2 N–H and O–H groups in total. The zero-order valence-corrected chi connectivity index (χ0v) is 19.1. The maximum absolute atomic E-state index is 13.2. The number of carbonyl (C=O) groups excluding carboxylic acids is 1. The van der Waals surface area contributed by atoms with Crippen molar-refractivity contribution in [1.29, 1.82) is 0 Å². The van der Waals surface area contributed by atoms with Crippen molar-refractivity contribution in [3.05, 3.63) is 100 Å². The summed E-state index contributed by atoms with van der Waals surface area (Å²) in [6.07, 6.45) is 5.33. The van der Waals surface area contributed by atoms with Crippen LogP contribution in [0.2, 0.25) is 0 Å². The third-order valence-electron chi connectivity index (χ3n) is 5.47. The number of aromatic nitrogens is 5. The van der Waals surface area contributed by atoms with Crippen LogP contribution in [0.25, 0.3) is 16.7 Å². The van der Waals surface area contributed by atoms with Crippen LogP contribution in [0.1, 0.15) is 27.2 Å². The summed E-state index contributed by atoms with van der Waals surface area (Å²) >= 11 is 5.30. The van der Waals surface area contributed by atoms with Gasteiger partial charge >= 0.3 is 0 Å². The second-order valence-electron chi connectivity index (χ2n) is 7.98. The Hall–Kier alpha value is -4.04. The average molecular weight is 455 g/mol. The lowest BCUT2D eigenvalue weighted by Crippen LogP contribution is -2.13. The number of aromatic amines is 1. The molecule has 5 rings (SSSR count). The zero-order chi connectivity index (χ0) is 22.9. The molecule has 0 aliphatic rings. The third kappa shape index (κ3) is 4.20. The molecule has 0 fully saturated rings. The number of anilines is 1. The molecule has 8 heteroatoms. The van der Waals surface area contributed by atoms with Crippen LogP contribution >= 0.6 is 12.2 Å². The normalized spacial score (nSPS) is 11.1. The van der Waals surface area contributed by atoms with E-state index >= 15 is 0 Å². The number of amides is 1. The third-order valence-corrected chi connectivity index (χ3v) is 5.78. The fourth-order valence-corrected chi connectivity index (χ4v) is 4.03. The molecule has 0 saturated carbocycles. The van der Waals surface area contributed by atoms with Crippen molar-refractivity contribution in [3.8, 4) is 5.69 Å². The lowest BCUT2D eigenvalue weighted by molar-refractivity contribution is 0.102. The van der Waals surface area contributed by atoms with Crippen LogP contribution in [0.5, 0.6) is 0 Å². The van der Waals surface area contributed by atoms with Crippen LogP contribution in [0, 0.1) is 18.6 Å². The Morgan fingerprint density at radius 3 is 2.70 bits per heavy atom. The molecule has 1 amide bonds. The Bertz CT molecular complexity index is 1530. The maximum atomic E-state index is 13.2. The van der Waals surface area contributed by atoms with E-state index in [4.69, 9.17) is 12.2 Å². The van der Waals surface area contributed by atoms with Crippen molar-refractivity contribution in [2.75, 3.05) is 5.32 Å². The van der Waals surface area contributed by atoms with Crippen LogP contribution in [0.15, 0.2) is 73.2 Å². The predicted molar refractivity (Wildman–Crippen MR) is 131 cm³/mol. The Balaban J connectivity index is 1.46. The number of benzene rings is 2.